The molecule has 0 saturated heterocycles. The third-order valence-corrected chi connectivity index (χ3v) is 4.14. The first kappa shape index (κ1) is 11.1. The number of benzene rings is 1. The highest BCUT2D eigenvalue weighted by molar-refractivity contribution is 7.99. The predicted octanol–water partition coefficient (Wildman–Crippen LogP) is 2.60. The molecule has 0 fully saturated rings. The summed E-state index contributed by atoms with van der Waals surface area (Å²) < 4.78 is 0. The lowest BCUT2D eigenvalue weighted by Gasteiger charge is -2.36. The van der Waals surface area contributed by atoms with Crippen LogP contribution in [-0.2, 0) is 0 Å². The maximum Gasteiger partial charge on any atom is 0.0508 e. The van der Waals surface area contributed by atoms with Gasteiger partial charge in [0.15, 0.2) is 0 Å². The van der Waals surface area contributed by atoms with Gasteiger partial charge in [-0.05, 0) is 25.1 Å². The molecule has 0 spiro atoms. The molecule has 15 heavy (non-hydrogen) atoms. The summed E-state index contributed by atoms with van der Waals surface area (Å²) in [5.74, 6) is 1.10. The lowest BCUT2D eigenvalue weighted by molar-refractivity contribution is 0.678. The van der Waals surface area contributed by atoms with Crippen LogP contribution < -0.4 is 10.6 Å². The standard InChI is InChI=1S/C11H15ClN2S/c1-8-7-15-11-6-9(12)2-3-10(11)14(8)5-4-13/h2-3,6,8H,4-5,7,13H2,1H3. The van der Waals surface area contributed by atoms with Crippen LogP contribution in [0.4, 0.5) is 5.69 Å². The maximum absolute atomic E-state index is 5.98. The van der Waals surface area contributed by atoms with Crippen molar-refractivity contribution in [3.8, 4) is 0 Å². The minimum absolute atomic E-state index is 0.548. The van der Waals surface area contributed by atoms with Gasteiger partial charge in [0.05, 0.1) is 5.69 Å². The van der Waals surface area contributed by atoms with E-state index < -0.39 is 0 Å². The quantitative estimate of drug-likeness (QED) is 0.865. The Morgan fingerprint density at radius 3 is 3.13 bits per heavy atom. The highest BCUT2D eigenvalue weighted by atomic mass is 35.5. The second-order valence-electron chi connectivity index (χ2n) is 3.75. The Kier molecular flexibility index (Phi) is 3.44. The number of hydrogen-bond acceptors (Lipinski definition) is 3. The molecule has 0 bridgehead atoms. The van der Waals surface area contributed by atoms with Crippen molar-refractivity contribution in [3.63, 3.8) is 0 Å². The van der Waals surface area contributed by atoms with E-state index in [0.29, 0.717) is 12.6 Å². The average molecular weight is 243 g/mol. The summed E-state index contributed by atoms with van der Waals surface area (Å²) in [6.07, 6.45) is 0. The normalized spacial score (nSPS) is 20.2. The molecular weight excluding hydrogens is 228 g/mol. The van der Waals surface area contributed by atoms with E-state index in [-0.39, 0.29) is 0 Å². The zero-order valence-corrected chi connectivity index (χ0v) is 10.3. The first-order valence-electron chi connectivity index (χ1n) is 5.11. The van der Waals surface area contributed by atoms with Gasteiger partial charge in [-0.25, -0.2) is 0 Å². The molecule has 2 N–H and O–H groups in total. The van der Waals surface area contributed by atoms with Crippen LogP contribution in [0.1, 0.15) is 6.92 Å². The molecule has 0 amide bonds. The van der Waals surface area contributed by atoms with E-state index in [1.54, 1.807) is 0 Å². The number of nitrogens with zero attached hydrogens (tertiary/aromatic N) is 1. The Hall–Kier alpha value is -0.380. The van der Waals surface area contributed by atoms with E-state index >= 15 is 0 Å². The Balaban J connectivity index is 2.34. The van der Waals surface area contributed by atoms with Crippen LogP contribution in [0.5, 0.6) is 0 Å². The van der Waals surface area contributed by atoms with Gasteiger partial charge in [-0.2, -0.15) is 0 Å². The van der Waals surface area contributed by atoms with Gasteiger partial charge in [-0.3, -0.25) is 0 Å². The van der Waals surface area contributed by atoms with Gasteiger partial charge in [-0.1, -0.05) is 11.6 Å². The van der Waals surface area contributed by atoms with Crippen molar-refractivity contribution in [2.24, 2.45) is 5.73 Å². The SMILES string of the molecule is CC1CSc2cc(Cl)ccc2N1CCN. The van der Waals surface area contributed by atoms with Crippen LogP contribution >= 0.6 is 23.4 Å². The second-order valence-corrected chi connectivity index (χ2v) is 5.25. The van der Waals surface area contributed by atoms with Crippen LogP contribution in [0.2, 0.25) is 5.02 Å². The molecule has 1 heterocycles. The van der Waals surface area contributed by atoms with Gasteiger partial charge >= 0.3 is 0 Å². The van der Waals surface area contributed by atoms with Crippen LogP contribution in [0.3, 0.4) is 0 Å². The van der Waals surface area contributed by atoms with E-state index in [1.165, 1.54) is 10.6 Å². The van der Waals surface area contributed by atoms with Crippen LogP contribution in [0.15, 0.2) is 23.1 Å². The summed E-state index contributed by atoms with van der Waals surface area (Å²) in [5.41, 5.74) is 6.91. The Morgan fingerprint density at radius 2 is 2.40 bits per heavy atom. The molecular formula is C11H15ClN2S. The van der Waals surface area contributed by atoms with Crippen molar-refractivity contribution in [1.29, 1.82) is 0 Å². The number of anilines is 1. The molecule has 0 saturated carbocycles. The smallest absolute Gasteiger partial charge is 0.0508 e. The Morgan fingerprint density at radius 1 is 1.60 bits per heavy atom. The van der Waals surface area contributed by atoms with Gasteiger partial charge < -0.3 is 10.6 Å². The Labute approximate surface area is 99.8 Å². The molecule has 1 aliphatic rings. The Bertz CT molecular complexity index is 356. The molecule has 0 aromatic heterocycles. The van der Waals surface area contributed by atoms with E-state index in [4.69, 9.17) is 17.3 Å². The third kappa shape index (κ3) is 2.25. The lowest BCUT2D eigenvalue weighted by Crippen LogP contribution is -2.40. The lowest BCUT2D eigenvalue weighted by atomic mass is 10.2. The number of halogens is 1. The first-order chi connectivity index (χ1) is 7.22. The highest BCUT2D eigenvalue weighted by Crippen LogP contribution is 2.38. The van der Waals surface area contributed by atoms with Gasteiger partial charge in [0.1, 0.15) is 0 Å². The summed E-state index contributed by atoms with van der Waals surface area (Å²) >= 11 is 7.85. The summed E-state index contributed by atoms with van der Waals surface area (Å²) in [6, 6.07) is 6.63. The van der Waals surface area contributed by atoms with Crippen molar-refractivity contribution >= 4 is 29.1 Å². The molecule has 1 atom stereocenters. The molecule has 2 nitrogen and oxygen atoms in total. The van der Waals surface area contributed by atoms with E-state index in [0.717, 1.165) is 17.3 Å². The topological polar surface area (TPSA) is 29.3 Å². The van der Waals surface area contributed by atoms with Gasteiger partial charge in [-0.15, -0.1) is 11.8 Å². The second kappa shape index (κ2) is 4.64. The number of fused-ring (bicyclic) bond motifs is 1. The number of thioether (sulfide) groups is 1. The molecule has 82 valence electrons. The molecule has 1 aromatic carbocycles. The first-order valence-corrected chi connectivity index (χ1v) is 6.48. The number of nitrogens with two attached hydrogens (primary N) is 1. The fraction of sp³-hybridized carbons (Fsp3) is 0.455. The van der Waals surface area contributed by atoms with E-state index in [9.17, 15) is 0 Å². The molecule has 1 aliphatic heterocycles. The molecule has 0 radical (unpaired) electrons. The third-order valence-electron chi connectivity index (χ3n) is 2.61. The summed E-state index contributed by atoms with van der Waals surface area (Å²) in [4.78, 5) is 3.64. The molecule has 4 heteroatoms. The molecule has 2 rings (SSSR count). The predicted molar refractivity (Wildman–Crippen MR) is 68.0 cm³/mol. The zero-order chi connectivity index (χ0) is 10.8. The van der Waals surface area contributed by atoms with Crippen molar-refractivity contribution < 1.29 is 0 Å². The molecule has 1 unspecified atom stereocenters. The van der Waals surface area contributed by atoms with Crippen molar-refractivity contribution in [1.82, 2.24) is 0 Å². The minimum atomic E-state index is 0.548. The summed E-state index contributed by atoms with van der Waals surface area (Å²) in [5, 5.41) is 0.809. The summed E-state index contributed by atoms with van der Waals surface area (Å²) in [7, 11) is 0. The van der Waals surface area contributed by atoms with Crippen molar-refractivity contribution in [2.75, 3.05) is 23.7 Å². The van der Waals surface area contributed by atoms with Crippen LogP contribution in [-0.4, -0.2) is 24.9 Å². The maximum atomic E-state index is 5.98. The zero-order valence-electron chi connectivity index (χ0n) is 8.74. The van der Waals surface area contributed by atoms with Crippen LogP contribution in [0, 0.1) is 0 Å². The fourth-order valence-electron chi connectivity index (χ4n) is 1.86. The van der Waals surface area contributed by atoms with E-state index in [2.05, 4.69) is 17.9 Å². The minimum Gasteiger partial charge on any atom is -0.366 e. The van der Waals surface area contributed by atoms with Gasteiger partial charge in [0.2, 0.25) is 0 Å². The van der Waals surface area contributed by atoms with Crippen LogP contribution in [0.25, 0.3) is 0 Å². The average Bonchev–Trinajstić information content (AvgIpc) is 2.22. The molecule has 1 aromatic rings. The molecule has 0 aliphatic carbocycles. The largest absolute Gasteiger partial charge is 0.366 e. The van der Waals surface area contributed by atoms with Crippen molar-refractivity contribution in [2.45, 2.75) is 17.9 Å². The van der Waals surface area contributed by atoms with Crippen molar-refractivity contribution in [3.05, 3.63) is 23.2 Å². The van der Waals surface area contributed by atoms with E-state index in [1.807, 2.05) is 23.9 Å². The summed E-state index contributed by atoms with van der Waals surface area (Å²) in [6.45, 7) is 3.84. The van der Waals surface area contributed by atoms with Gasteiger partial charge in [0.25, 0.3) is 0 Å². The highest BCUT2D eigenvalue weighted by Gasteiger charge is 2.22. The fourth-order valence-corrected chi connectivity index (χ4v) is 3.24. The van der Waals surface area contributed by atoms with Gasteiger partial charge in [0, 0.05) is 34.8 Å². The number of hydrogen-bond donors (Lipinski definition) is 1. The number of rotatable bonds is 2. The monoisotopic (exact) mass is 242 g/mol.